The number of carbonyl (C=O) groups is 1. The third-order valence-corrected chi connectivity index (χ3v) is 4.89. The lowest BCUT2D eigenvalue weighted by Crippen LogP contribution is -2.22. The summed E-state index contributed by atoms with van der Waals surface area (Å²) in [5.41, 5.74) is 0. The molecule has 0 aliphatic carbocycles. The number of hydrogen-bond acceptors (Lipinski definition) is 3. The molecule has 0 aliphatic heterocycles. The van der Waals surface area contributed by atoms with Crippen LogP contribution in [0.5, 0.6) is 0 Å². The second-order valence-corrected chi connectivity index (χ2v) is 8.00. The molecular weight excluding hydrogens is 343 g/mol. The predicted molar refractivity (Wildman–Crippen MR) is 99.5 cm³/mol. The summed E-state index contributed by atoms with van der Waals surface area (Å²) in [7, 11) is -4.74. The molecule has 150 valence electrons. The van der Waals surface area contributed by atoms with Gasteiger partial charge in [-0.25, -0.2) is 9.36 Å². The van der Waals surface area contributed by atoms with Gasteiger partial charge < -0.3 is 14.9 Å². The minimum Gasteiger partial charge on any atom is -0.479 e. The van der Waals surface area contributed by atoms with E-state index < -0.39 is 19.9 Å². The maximum absolute atomic E-state index is 10.9. The van der Waals surface area contributed by atoms with Gasteiger partial charge in [0.2, 0.25) is 0 Å². The quantitative estimate of drug-likeness (QED) is 0.217. The van der Waals surface area contributed by atoms with Crippen molar-refractivity contribution in [1.29, 1.82) is 0 Å². The van der Waals surface area contributed by atoms with Gasteiger partial charge in [-0.3, -0.25) is 4.52 Å². The van der Waals surface area contributed by atoms with Crippen molar-refractivity contribution in [2.24, 2.45) is 0 Å². The molecule has 0 amide bonds. The zero-order valence-electron chi connectivity index (χ0n) is 15.7. The zero-order chi connectivity index (χ0) is 19.0. The van der Waals surface area contributed by atoms with Crippen LogP contribution in [0.15, 0.2) is 0 Å². The maximum atomic E-state index is 10.9. The van der Waals surface area contributed by atoms with Crippen molar-refractivity contribution in [3.63, 3.8) is 0 Å². The number of aliphatic carboxylic acids is 1. The van der Waals surface area contributed by atoms with Crippen LogP contribution in [0.25, 0.3) is 0 Å². The van der Waals surface area contributed by atoms with Crippen LogP contribution in [0.4, 0.5) is 0 Å². The molecule has 0 radical (unpaired) electrons. The summed E-state index contributed by atoms with van der Waals surface area (Å²) in [4.78, 5) is 28.2. The van der Waals surface area contributed by atoms with Crippen molar-refractivity contribution in [1.82, 2.24) is 0 Å². The largest absolute Gasteiger partial charge is 0.479 e. The third kappa shape index (κ3) is 18.2. The molecule has 0 rings (SSSR count). The summed E-state index contributed by atoms with van der Waals surface area (Å²) in [6.07, 6.45) is 15.6. The maximum Gasteiger partial charge on any atom is 0.470 e. The van der Waals surface area contributed by atoms with E-state index in [0.717, 1.165) is 19.3 Å². The molecule has 0 aromatic heterocycles. The van der Waals surface area contributed by atoms with Crippen LogP contribution >= 0.6 is 7.82 Å². The van der Waals surface area contributed by atoms with Crippen molar-refractivity contribution in [2.75, 3.05) is 0 Å². The Morgan fingerprint density at radius 2 is 1.16 bits per heavy atom. The van der Waals surface area contributed by atoms with Crippen molar-refractivity contribution in [3.05, 3.63) is 0 Å². The van der Waals surface area contributed by atoms with Gasteiger partial charge in [-0.1, -0.05) is 96.8 Å². The molecule has 0 aliphatic rings. The van der Waals surface area contributed by atoms with Crippen LogP contribution in [0, 0.1) is 0 Å². The molecule has 3 N–H and O–H groups in total. The molecule has 0 saturated heterocycles. The molecule has 1 atom stereocenters. The van der Waals surface area contributed by atoms with Gasteiger partial charge in [0.1, 0.15) is 0 Å². The highest BCUT2D eigenvalue weighted by molar-refractivity contribution is 7.46. The average Bonchev–Trinajstić information content (AvgIpc) is 2.52. The van der Waals surface area contributed by atoms with Crippen LogP contribution in [0.2, 0.25) is 0 Å². The summed E-state index contributed by atoms with van der Waals surface area (Å²) >= 11 is 0. The molecule has 0 bridgehead atoms. The summed E-state index contributed by atoms with van der Waals surface area (Å²) < 4.78 is 15.0. The average molecular weight is 380 g/mol. The molecule has 0 saturated carbocycles. The van der Waals surface area contributed by atoms with E-state index in [1.54, 1.807) is 0 Å². The van der Waals surface area contributed by atoms with Crippen LogP contribution in [0.3, 0.4) is 0 Å². The van der Waals surface area contributed by atoms with E-state index in [1.165, 1.54) is 64.2 Å². The smallest absolute Gasteiger partial charge is 0.470 e. The summed E-state index contributed by atoms with van der Waals surface area (Å²) in [6, 6.07) is 0. The van der Waals surface area contributed by atoms with E-state index in [-0.39, 0.29) is 6.42 Å². The Morgan fingerprint density at radius 1 is 0.800 bits per heavy atom. The Balaban J connectivity index is 3.40. The zero-order valence-corrected chi connectivity index (χ0v) is 16.6. The van der Waals surface area contributed by atoms with Gasteiger partial charge in [-0.2, -0.15) is 0 Å². The highest BCUT2D eigenvalue weighted by atomic mass is 31.2. The van der Waals surface area contributed by atoms with Crippen molar-refractivity contribution in [2.45, 2.75) is 109 Å². The van der Waals surface area contributed by atoms with E-state index in [0.29, 0.717) is 6.42 Å². The van der Waals surface area contributed by atoms with Crippen molar-refractivity contribution < 1.29 is 28.8 Å². The Labute approximate surface area is 152 Å². The van der Waals surface area contributed by atoms with Gasteiger partial charge in [-0.15, -0.1) is 0 Å². The minimum absolute atomic E-state index is 0.137. The first kappa shape index (κ1) is 24.6. The lowest BCUT2D eigenvalue weighted by atomic mass is 10.0. The van der Waals surface area contributed by atoms with Crippen molar-refractivity contribution >= 4 is 13.8 Å². The standard InChI is InChI=1S/C18H37O6P/c1-2-3-4-5-6-7-8-9-10-11-12-13-14-15-16-17(18(19)20)24-25(21,22)23/h17H,2-16H2,1H3,(H,19,20)(H2,21,22,23). The van der Waals surface area contributed by atoms with Gasteiger partial charge in [0.25, 0.3) is 0 Å². The molecule has 1 unspecified atom stereocenters. The fourth-order valence-corrected chi connectivity index (χ4v) is 3.44. The Morgan fingerprint density at radius 3 is 1.48 bits per heavy atom. The SMILES string of the molecule is CCCCCCCCCCCCCCCCC(OP(=O)(O)O)C(=O)O. The lowest BCUT2D eigenvalue weighted by Gasteiger charge is -2.13. The van der Waals surface area contributed by atoms with Crippen molar-refractivity contribution in [3.8, 4) is 0 Å². The van der Waals surface area contributed by atoms with Crippen LogP contribution in [-0.2, 0) is 13.9 Å². The number of phosphoric ester groups is 1. The molecule has 0 aromatic carbocycles. The van der Waals surface area contributed by atoms with E-state index in [1.807, 2.05) is 0 Å². The summed E-state index contributed by atoms with van der Waals surface area (Å²) in [5.74, 6) is -1.32. The molecule has 0 heterocycles. The summed E-state index contributed by atoms with van der Waals surface area (Å²) in [5, 5.41) is 8.87. The first-order valence-corrected chi connectivity index (χ1v) is 11.4. The molecule has 7 heteroatoms. The fourth-order valence-electron chi connectivity index (χ4n) is 2.91. The highest BCUT2D eigenvalue weighted by Crippen LogP contribution is 2.38. The molecule has 0 spiro atoms. The first-order valence-electron chi connectivity index (χ1n) is 9.83. The van der Waals surface area contributed by atoms with Gasteiger partial charge >= 0.3 is 13.8 Å². The monoisotopic (exact) mass is 380 g/mol. The predicted octanol–water partition coefficient (Wildman–Crippen LogP) is 5.42. The topological polar surface area (TPSA) is 104 Å². The lowest BCUT2D eigenvalue weighted by molar-refractivity contribution is -0.146. The highest BCUT2D eigenvalue weighted by Gasteiger charge is 2.27. The van der Waals surface area contributed by atoms with Gasteiger partial charge in [0.05, 0.1) is 0 Å². The number of rotatable bonds is 18. The molecular formula is C18H37O6P. The second kappa shape index (κ2) is 15.8. The van der Waals surface area contributed by atoms with Crippen LogP contribution in [-0.4, -0.2) is 27.0 Å². The normalized spacial score (nSPS) is 13.1. The fraction of sp³-hybridized carbons (Fsp3) is 0.944. The molecule has 6 nitrogen and oxygen atoms in total. The molecule has 0 aromatic rings. The van der Waals surface area contributed by atoms with Gasteiger partial charge in [-0.05, 0) is 6.42 Å². The number of unbranched alkanes of at least 4 members (excludes halogenated alkanes) is 13. The number of carboxylic acid groups (broad SMARTS) is 1. The number of carboxylic acids is 1. The minimum atomic E-state index is -4.74. The Hall–Kier alpha value is -0.420. The number of hydrogen-bond donors (Lipinski definition) is 3. The Kier molecular flexibility index (Phi) is 15.5. The molecule has 25 heavy (non-hydrogen) atoms. The van der Waals surface area contributed by atoms with Gasteiger partial charge in [0.15, 0.2) is 6.10 Å². The number of phosphoric acid groups is 1. The first-order chi connectivity index (χ1) is 11.9. The Bertz CT molecular complexity index is 369. The van der Waals surface area contributed by atoms with E-state index in [4.69, 9.17) is 14.9 Å². The third-order valence-electron chi connectivity index (χ3n) is 4.36. The van der Waals surface area contributed by atoms with Crippen LogP contribution < -0.4 is 0 Å². The van der Waals surface area contributed by atoms with E-state index in [2.05, 4.69) is 11.4 Å². The second-order valence-electron chi connectivity index (χ2n) is 6.81. The molecule has 0 fully saturated rings. The van der Waals surface area contributed by atoms with E-state index in [9.17, 15) is 9.36 Å². The summed E-state index contributed by atoms with van der Waals surface area (Å²) in [6.45, 7) is 2.24. The van der Waals surface area contributed by atoms with E-state index >= 15 is 0 Å². The van der Waals surface area contributed by atoms with Gasteiger partial charge in [0, 0.05) is 0 Å². The van der Waals surface area contributed by atoms with Crippen LogP contribution in [0.1, 0.15) is 103 Å².